The number of esters is 1. The summed E-state index contributed by atoms with van der Waals surface area (Å²) in [6.45, 7) is 3.75. The Bertz CT molecular complexity index is 1210. The molecule has 3 aromatic rings. The summed E-state index contributed by atoms with van der Waals surface area (Å²) in [7, 11) is 0. The molecular formula is C20H23N6O6+. The third kappa shape index (κ3) is 5.53. The number of H-pyrrole nitrogens is 1. The number of nitro benzene ring substituents is 1. The molecule has 0 saturated carbocycles. The molecule has 3 rings (SSSR count). The summed E-state index contributed by atoms with van der Waals surface area (Å²) in [5.74, 6) is -0.673. The van der Waals surface area contributed by atoms with Gasteiger partial charge in [0.1, 0.15) is 0 Å². The summed E-state index contributed by atoms with van der Waals surface area (Å²) in [5.41, 5.74) is 0.997. The third-order valence-electron chi connectivity index (χ3n) is 4.61. The molecule has 0 atom stereocenters. The van der Waals surface area contributed by atoms with Crippen molar-refractivity contribution in [1.82, 2.24) is 14.5 Å². The molecule has 1 amide bonds. The minimum absolute atomic E-state index is 0.0200. The van der Waals surface area contributed by atoms with Crippen LogP contribution in [-0.4, -0.2) is 37.9 Å². The quantitative estimate of drug-likeness (QED) is 0.166. The smallest absolute Gasteiger partial charge is 0.311 e. The van der Waals surface area contributed by atoms with E-state index >= 15 is 0 Å². The Balaban J connectivity index is 1.92. The number of hydrogen-bond acceptors (Lipinski definition) is 7. The van der Waals surface area contributed by atoms with E-state index in [9.17, 15) is 24.5 Å². The van der Waals surface area contributed by atoms with Crippen LogP contribution in [0.4, 0.5) is 11.6 Å². The number of benzene rings is 1. The van der Waals surface area contributed by atoms with Crippen molar-refractivity contribution in [2.45, 2.75) is 39.8 Å². The van der Waals surface area contributed by atoms with E-state index in [0.29, 0.717) is 43.7 Å². The number of nitrogens with one attached hydrogen (secondary N) is 2. The van der Waals surface area contributed by atoms with Crippen molar-refractivity contribution in [2.75, 3.05) is 11.9 Å². The molecule has 2 N–H and O–H groups in total. The van der Waals surface area contributed by atoms with Gasteiger partial charge in [-0.3, -0.25) is 39.4 Å². The summed E-state index contributed by atoms with van der Waals surface area (Å²) < 4.78 is 8.43. The number of rotatable bonds is 9. The van der Waals surface area contributed by atoms with Gasteiger partial charge in [-0.2, -0.15) is 0 Å². The lowest BCUT2D eigenvalue weighted by atomic mass is 10.2. The Kier molecular flexibility index (Phi) is 6.93. The fourth-order valence-electron chi connectivity index (χ4n) is 3.22. The standard InChI is InChI=1S/C20H22N6O6/c1-13(27)21-20-22-18-17(19(29)23-20)25(11-15-5-7-16(8-6-15)26(30)31)12-24(18)9-3-4-10-32-14(2)28/h5-8,12H,3-4,9-11H2,1-2H3,(H-,21,22,23,27,29)/p+1. The molecule has 0 saturated heterocycles. The second-order valence-electron chi connectivity index (χ2n) is 7.18. The minimum atomic E-state index is -0.475. The van der Waals surface area contributed by atoms with E-state index in [1.165, 1.54) is 26.0 Å². The van der Waals surface area contributed by atoms with E-state index in [-0.39, 0.29) is 23.5 Å². The van der Waals surface area contributed by atoms with Gasteiger partial charge >= 0.3 is 11.6 Å². The van der Waals surface area contributed by atoms with Crippen LogP contribution in [0, 0.1) is 10.1 Å². The SMILES string of the molecule is CC(=O)Nc1nc2c(c(=O)[nH]1)n(Cc1ccc([N+](=O)[O-])cc1)c[n+]2CCCCOC(C)=O. The van der Waals surface area contributed by atoms with Crippen LogP contribution in [0.25, 0.3) is 11.2 Å². The molecule has 0 aliphatic rings. The van der Waals surface area contributed by atoms with Crippen molar-refractivity contribution in [2.24, 2.45) is 0 Å². The summed E-state index contributed by atoms with van der Waals surface area (Å²) >= 11 is 0. The zero-order valence-electron chi connectivity index (χ0n) is 17.7. The zero-order chi connectivity index (χ0) is 23.3. The molecule has 168 valence electrons. The van der Waals surface area contributed by atoms with Crippen molar-refractivity contribution >= 4 is 34.7 Å². The van der Waals surface area contributed by atoms with Crippen LogP contribution < -0.4 is 15.4 Å². The maximum absolute atomic E-state index is 12.8. The fraction of sp³-hybridized carbons (Fsp3) is 0.350. The van der Waals surface area contributed by atoms with Gasteiger partial charge in [-0.05, 0) is 30.5 Å². The molecule has 2 aromatic heterocycles. The number of aromatic amines is 1. The van der Waals surface area contributed by atoms with Crippen LogP contribution in [-0.2, 0) is 27.4 Å². The number of ether oxygens (including phenoxy) is 1. The predicted octanol–water partition coefficient (Wildman–Crippen LogP) is 1.27. The van der Waals surface area contributed by atoms with E-state index in [2.05, 4.69) is 15.3 Å². The van der Waals surface area contributed by atoms with Crippen LogP contribution in [0.3, 0.4) is 0 Å². The van der Waals surface area contributed by atoms with Crippen molar-refractivity contribution in [1.29, 1.82) is 0 Å². The Morgan fingerprint density at radius 3 is 2.59 bits per heavy atom. The first-order chi connectivity index (χ1) is 15.2. The molecule has 0 spiro atoms. The first-order valence-electron chi connectivity index (χ1n) is 9.91. The average molecular weight is 443 g/mol. The highest BCUT2D eigenvalue weighted by atomic mass is 16.6. The van der Waals surface area contributed by atoms with Crippen molar-refractivity contribution in [3.05, 3.63) is 56.6 Å². The van der Waals surface area contributed by atoms with E-state index in [0.717, 1.165) is 5.56 Å². The highest BCUT2D eigenvalue weighted by molar-refractivity contribution is 5.87. The van der Waals surface area contributed by atoms with Crippen LogP contribution in [0.2, 0.25) is 0 Å². The number of carbonyl (C=O) groups is 2. The Morgan fingerprint density at radius 1 is 1.25 bits per heavy atom. The van der Waals surface area contributed by atoms with E-state index < -0.39 is 10.5 Å². The lowest BCUT2D eigenvalue weighted by molar-refractivity contribution is -0.674. The van der Waals surface area contributed by atoms with Gasteiger partial charge in [0.2, 0.25) is 11.4 Å². The number of fused-ring (bicyclic) bond motifs is 1. The number of amides is 1. The van der Waals surface area contributed by atoms with E-state index in [1.807, 2.05) is 0 Å². The lowest BCUT2D eigenvalue weighted by Crippen LogP contribution is -2.34. The molecule has 12 heteroatoms. The van der Waals surface area contributed by atoms with Gasteiger partial charge in [0.25, 0.3) is 17.2 Å². The van der Waals surface area contributed by atoms with Crippen LogP contribution in [0.15, 0.2) is 35.4 Å². The molecule has 0 unspecified atom stereocenters. The number of nitrogens with zero attached hydrogens (tertiary/aromatic N) is 4. The van der Waals surface area contributed by atoms with Crippen molar-refractivity contribution in [3.8, 4) is 0 Å². The molecule has 2 heterocycles. The normalized spacial score (nSPS) is 10.8. The maximum Gasteiger partial charge on any atom is 0.311 e. The monoisotopic (exact) mass is 443 g/mol. The van der Waals surface area contributed by atoms with Crippen molar-refractivity contribution < 1.29 is 23.8 Å². The molecule has 12 nitrogen and oxygen atoms in total. The van der Waals surface area contributed by atoms with Gasteiger partial charge in [-0.15, -0.1) is 0 Å². The molecule has 0 radical (unpaired) electrons. The second-order valence-corrected chi connectivity index (χ2v) is 7.18. The summed E-state index contributed by atoms with van der Waals surface area (Å²) in [6.07, 6.45) is 3.03. The predicted molar refractivity (Wildman–Crippen MR) is 113 cm³/mol. The molecule has 1 aromatic carbocycles. The fourth-order valence-corrected chi connectivity index (χ4v) is 3.22. The minimum Gasteiger partial charge on any atom is -0.466 e. The Hall–Kier alpha value is -4.09. The average Bonchev–Trinajstić information content (AvgIpc) is 3.05. The van der Waals surface area contributed by atoms with Crippen LogP contribution in [0.5, 0.6) is 0 Å². The second kappa shape index (κ2) is 9.81. The number of anilines is 1. The van der Waals surface area contributed by atoms with Gasteiger partial charge in [0.15, 0.2) is 6.33 Å². The molecule has 32 heavy (non-hydrogen) atoms. The number of imidazole rings is 1. The summed E-state index contributed by atoms with van der Waals surface area (Å²) in [4.78, 5) is 52.4. The van der Waals surface area contributed by atoms with Gasteiger partial charge in [0.05, 0.1) is 24.6 Å². The highest BCUT2D eigenvalue weighted by Crippen LogP contribution is 2.15. The van der Waals surface area contributed by atoms with Gasteiger partial charge in [-0.1, -0.05) is 4.98 Å². The Morgan fingerprint density at radius 2 is 1.97 bits per heavy atom. The first-order valence-corrected chi connectivity index (χ1v) is 9.91. The highest BCUT2D eigenvalue weighted by Gasteiger charge is 2.22. The Labute approximate surface area is 182 Å². The number of hydrogen-bond donors (Lipinski definition) is 2. The molecule has 0 aliphatic heterocycles. The number of aromatic nitrogens is 4. The van der Waals surface area contributed by atoms with E-state index in [4.69, 9.17) is 4.74 Å². The number of non-ortho nitro benzene ring substituents is 1. The van der Waals surface area contributed by atoms with E-state index in [1.54, 1.807) is 27.6 Å². The molecule has 0 aliphatic carbocycles. The van der Waals surface area contributed by atoms with Crippen molar-refractivity contribution in [3.63, 3.8) is 0 Å². The largest absolute Gasteiger partial charge is 0.466 e. The number of carbonyl (C=O) groups excluding carboxylic acids is 2. The number of aryl methyl sites for hydroxylation is 1. The first kappa shape index (κ1) is 22.6. The van der Waals surface area contributed by atoms with Crippen LogP contribution in [0.1, 0.15) is 32.3 Å². The molecular weight excluding hydrogens is 420 g/mol. The zero-order valence-corrected chi connectivity index (χ0v) is 17.7. The summed E-state index contributed by atoms with van der Waals surface area (Å²) in [5, 5.41) is 13.4. The molecule has 0 bridgehead atoms. The maximum atomic E-state index is 12.8. The number of unbranched alkanes of at least 4 members (excludes halogenated alkanes) is 1. The lowest BCUT2D eigenvalue weighted by Gasteiger charge is -2.01. The van der Waals surface area contributed by atoms with Gasteiger partial charge in [-0.25, -0.2) is 4.57 Å². The summed E-state index contributed by atoms with van der Waals surface area (Å²) in [6, 6.07) is 6.06. The topological polar surface area (TPSA) is 153 Å². The molecule has 0 fully saturated rings. The number of nitro groups is 1. The van der Waals surface area contributed by atoms with Gasteiger partial charge in [0, 0.05) is 26.0 Å². The third-order valence-corrected chi connectivity index (χ3v) is 4.61. The van der Waals surface area contributed by atoms with Gasteiger partial charge < -0.3 is 4.74 Å². The van der Waals surface area contributed by atoms with Crippen LogP contribution >= 0.6 is 0 Å².